The number of ether oxygens (including phenoxy) is 2. The van der Waals surface area contributed by atoms with Crippen LogP contribution in [0.5, 0.6) is 11.5 Å². The molecule has 2 amide bonds. The molecule has 4 aromatic rings. The summed E-state index contributed by atoms with van der Waals surface area (Å²) in [5.41, 5.74) is 2.16. The summed E-state index contributed by atoms with van der Waals surface area (Å²) in [5.74, 6) is -0.546. The number of nitrogens with zero attached hydrogens (tertiary/aromatic N) is 1. The molecule has 0 unspecified atom stereocenters. The minimum absolute atomic E-state index is 0.0404. The number of hydrogen-bond donors (Lipinski definition) is 2. The van der Waals surface area contributed by atoms with Gasteiger partial charge in [-0.25, -0.2) is 0 Å². The zero-order chi connectivity index (χ0) is 30.8. The van der Waals surface area contributed by atoms with E-state index < -0.39 is 16.7 Å². The average molecular weight is 578 g/mol. The number of benzene rings is 4. The van der Waals surface area contributed by atoms with Crippen LogP contribution < -0.4 is 20.1 Å². The van der Waals surface area contributed by atoms with E-state index in [1.165, 1.54) is 38.5 Å². The van der Waals surface area contributed by atoms with Gasteiger partial charge in [0.05, 0.1) is 19.1 Å². The monoisotopic (exact) mass is 577 g/mol. The number of carbonyl (C=O) groups is 3. The zero-order valence-corrected chi connectivity index (χ0v) is 23.3. The van der Waals surface area contributed by atoms with Crippen molar-refractivity contribution >= 4 is 41.1 Å². The van der Waals surface area contributed by atoms with Crippen molar-refractivity contribution in [2.75, 3.05) is 19.5 Å². The van der Waals surface area contributed by atoms with Gasteiger partial charge in [0.1, 0.15) is 5.70 Å². The average Bonchev–Trinajstić information content (AvgIpc) is 3.03. The van der Waals surface area contributed by atoms with E-state index in [0.29, 0.717) is 39.4 Å². The molecule has 10 heteroatoms. The molecule has 2 N–H and O–H groups in total. The van der Waals surface area contributed by atoms with E-state index in [-0.39, 0.29) is 17.2 Å². The molecule has 0 spiro atoms. The third-order valence-corrected chi connectivity index (χ3v) is 6.22. The lowest BCUT2D eigenvalue weighted by molar-refractivity contribution is -0.384. The van der Waals surface area contributed by atoms with Crippen molar-refractivity contribution in [1.82, 2.24) is 5.32 Å². The largest absolute Gasteiger partial charge is 0.493 e. The molecule has 0 heterocycles. The smallest absolute Gasteiger partial charge is 0.272 e. The summed E-state index contributed by atoms with van der Waals surface area (Å²) in [6, 6.07) is 25.7. The summed E-state index contributed by atoms with van der Waals surface area (Å²) in [5, 5.41) is 16.2. The number of anilines is 1. The number of nitro groups is 1. The highest BCUT2D eigenvalue weighted by Gasteiger charge is 2.17. The van der Waals surface area contributed by atoms with Gasteiger partial charge in [-0.05, 0) is 72.3 Å². The Kier molecular flexibility index (Phi) is 9.78. The van der Waals surface area contributed by atoms with E-state index in [0.717, 1.165) is 0 Å². The molecule has 43 heavy (non-hydrogen) atoms. The maximum Gasteiger partial charge on any atom is 0.272 e. The van der Waals surface area contributed by atoms with E-state index in [1.54, 1.807) is 91.0 Å². The molecular formula is C33H27N3O7. The maximum atomic E-state index is 13.4. The van der Waals surface area contributed by atoms with Crippen molar-refractivity contribution < 1.29 is 28.8 Å². The molecule has 0 fully saturated rings. The summed E-state index contributed by atoms with van der Waals surface area (Å²) in [6.07, 6.45) is 4.40. The number of hydrogen-bond acceptors (Lipinski definition) is 7. The second kappa shape index (κ2) is 14.0. The number of nitrogens with one attached hydrogen (secondary N) is 2. The number of para-hydroxylation sites is 1. The van der Waals surface area contributed by atoms with Gasteiger partial charge >= 0.3 is 0 Å². The van der Waals surface area contributed by atoms with Crippen LogP contribution in [0.25, 0.3) is 12.2 Å². The third-order valence-electron chi connectivity index (χ3n) is 6.22. The van der Waals surface area contributed by atoms with Crippen LogP contribution in [0.1, 0.15) is 31.8 Å². The molecule has 0 atom stereocenters. The van der Waals surface area contributed by atoms with Crippen molar-refractivity contribution in [2.24, 2.45) is 0 Å². The Morgan fingerprint density at radius 2 is 1.49 bits per heavy atom. The van der Waals surface area contributed by atoms with Gasteiger partial charge < -0.3 is 20.1 Å². The van der Waals surface area contributed by atoms with E-state index in [9.17, 15) is 24.5 Å². The highest BCUT2D eigenvalue weighted by atomic mass is 16.6. The Bertz CT molecular complexity index is 1700. The van der Waals surface area contributed by atoms with Crippen LogP contribution in [0.2, 0.25) is 0 Å². The predicted molar refractivity (Wildman–Crippen MR) is 163 cm³/mol. The fourth-order valence-electron chi connectivity index (χ4n) is 4.02. The number of allylic oxidation sites excluding steroid dienone is 1. The minimum Gasteiger partial charge on any atom is -0.493 e. The molecular weight excluding hydrogens is 550 g/mol. The van der Waals surface area contributed by atoms with Crippen LogP contribution in [-0.4, -0.2) is 36.7 Å². The number of nitro benzene ring substituents is 1. The van der Waals surface area contributed by atoms with Crippen molar-refractivity contribution in [2.45, 2.75) is 0 Å². The van der Waals surface area contributed by atoms with Crippen LogP contribution in [-0.2, 0) is 4.79 Å². The van der Waals surface area contributed by atoms with Gasteiger partial charge in [0.2, 0.25) is 0 Å². The summed E-state index contributed by atoms with van der Waals surface area (Å²) in [7, 11) is 2.97. The number of ketones is 1. The maximum absolute atomic E-state index is 13.4. The third kappa shape index (κ3) is 7.80. The predicted octanol–water partition coefficient (Wildman–Crippen LogP) is 5.92. The Morgan fingerprint density at radius 1 is 0.791 bits per heavy atom. The number of amides is 2. The highest BCUT2D eigenvalue weighted by Crippen LogP contribution is 2.32. The Balaban J connectivity index is 1.53. The molecule has 0 saturated heterocycles. The van der Waals surface area contributed by atoms with E-state index >= 15 is 0 Å². The summed E-state index contributed by atoms with van der Waals surface area (Å²) in [4.78, 5) is 49.3. The second-order valence-electron chi connectivity index (χ2n) is 9.04. The number of non-ortho nitro benzene ring substituents is 1. The fourth-order valence-corrected chi connectivity index (χ4v) is 4.02. The van der Waals surface area contributed by atoms with Crippen LogP contribution in [0.4, 0.5) is 11.4 Å². The summed E-state index contributed by atoms with van der Waals surface area (Å²) >= 11 is 0. The van der Waals surface area contributed by atoms with Gasteiger partial charge in [-0.15, -0.1) is 0 Å². The van der Waals surface area contributed by atoms with Crippen LogP contribution in [0.3, 0.4) is 0 Å². The molecule has 0 aliphatic carbocycles. The van der Waals surface area contributed by atoms with Gasteiger partial charge in [-0.3, -0.25) is 24.5 Å². The number of carbonyl (C=O) groups excluding carboxylic acids is 3. The van der Waals surface area contributed by atoms with Crippen molar-refractivity contribution in [3.8, 4) is 11.5 Å². The molecule has 216 valence electrons. The van der Waals surface area contributed by atoms with E-state index in [2.05, 4.69) is 10.6 Å². The first-order valence-electron chi connectivity index (χ1n) is 13.0. The molecule has 0 radical (unpaired) electrons. The fraction of sp³-hybridized carbons (Fsp3) is 0.0606. The summed E-state index contributed by atoms with van der Waals surface area (Å²) < 4.78 is 10.8. The van der Waals surface area contributed by atoms with Crippen molar-refractivity contribution in [3.05, 3.63) is 141 Å². The lowest BCUT2D eigenvalue weighted by Crippen LogP contribution is -2.30. The van der Waals surface area contributed by atoms with Crippen LogP contribution >= 0.6 is 0 Å². The molecule has 0 aromatic heterocycles. The number of methoxy groups -OCH3 is 2. The summed E-state index contributed by atoms with van der Waals surface area (Å²) in [6.45, 7) is 0. The molecule has 4 aromatic carbocycles. The highest BCUT2D eigenvalue weighted by molar-refractivity contribution is 6.11. The molecule has 0 bridgehead atoms. The van der Waals surface area contributed by atoms with Crippen LogP contribution in [0, 0.1) is 10.1 Å². The Morgan fingerprint density at radius 3 is 2.12 bits per heavy atom. The van der Waals surface area contributed by atoms with Gasteiger partial charge in [-0.2, -0.15) is 0 Å². The molecule has 10 nitrogen and oxygen atoms in total. The zero-order valence-electron chi connectivity index (χ0n) is 23.3. The molecule has 0 saturated carbocycles. The topological polar surface area (TPSA) is 137 Å². The molecule has 4 rings (SSSR count). The Labute approximate surface area is 247 Å². The number of rotatable bonds is 11. The van der Waals surface area contributed by atoms with Gasteiger partial charge in [0, 0.05) is 34.5 Å². The van der Waals surface area contributed by atoms with E-state index in [1.807, 2.05) is 0 Å². The first kappa shape index (κ1) is 29.9. The van der Waals surface area contributed by atoms with Gasteiger partial charge in [-0.1, -0.05) is 36.4 Å². The second-order valence-corrected chi connectivity index (χ2v) is 9.04. The lowest BCUT2D eigenvalue weighted by Gasteiger charge is -2.14. The minimum atomic E-state index is -0.605. The van der Waals surface area contributed by atoms with Gasteiger partial charge in [0.15, 0.2) is 17.3 Å². The van der Waals surface area contributed by atoms with Crippen LogP contribution in [0.15, 0.2) is 109 Å². The first-order valence-corrected chi connectivity index (χ1v) is 13.0. The Hall–Kier alpha value is -6.03. The standard InChI is InChI=1S/C33H27N3O7/c1-42-30-10-6-9-25(31(30)43-2)21-28(35-32(38)24-7-4-3-5-8-24)33(39)34-26-16-14-23(15-17-26)29(37)20-13-22-11-18-27(19-12-22)36(40)41/h3-21H,1-2H3,(H,34,39)(H,35,38)/b20-13+,28-21-. The SMILES string of the molecule is COc1cccc(/C=C(\NC(=O)c2ccccc2)C(=O)Nc2ccc(C(=O)/C=C/c3ccc([N+](=O)[O-])cc3)cc2)c1OC. The molecule has 0 aliphatic heterocycles. The lowest BCUT2D eigenvalue weighted by atomic mass is 10.1. The first-order chi connectivity index (χ1) is 20.8. The van der Waals surface area contributed by atoms with Crippen molar-refractivity contribution in [3.63, 3.8) is 0 Å². The normalized spacial score (nSPS) is 11.1. The quantitative estimate of drug-likeness (QED) is 0.0977. The van der Waals surface area contributed by atoms with Crippen molar-refractivity contribution in [1.29, 1.82) is 0 Å². The molecule has 0 aliphatic rings. The van der Waals surface area contributed by atoms with E-state index in [4.69, 9.17) is 9.47 Å². The van der Waals surface area contributed by atoms with Gasteiger partial charge in [0.25, 0.3) is 17.5 Å².